The summed E-state index contributed by atoms with van der Waals surface area (Å²) in [6.45, 7) is 0.619. The summed E-state index contributed by atoms with van der Waals surface area (Å²) in [5.74, 6) is -1.04. The van der Waals surface area contributed by atoms with E-state index < -0.39 is 5.97 Å². The lowest BCUT2D eigenvalue weighted by molar-refractivity contribution is -0.146. The zero-order valence-corrected chi connectivity index (χ0v) is 9.80. The molecule has 18 heavy (non-hydrogen) atoms. The second kappa shape index (κ2) is 4.04. The van der Waals surface area contributed by atoms with Crippen LogP contribution in [0, 0.1) is 5.92 Å². The maximum absolute atomic E-state index is 11.8. The summed E-state index contributed by atoms with van der Waals surface area (Å²) < 4.78 is 0. The Morgan fingerprint density at radius 1 is 1.44 bits per heavy atom. The third kappa shape index (κ3) is 1.73. The number of carbonyl (C=O) groups excluding carboxylic acids is 1. The van der Waals surface area contributed by atoms with Crippen molar-refractivity contribution in [2.75, 3.05) is 6.54 Å². The first-order valence-corrected chi connectivity index (χ1v) is 6.08. The molecule has 2 aliphatic rings. The predicted molar refractivity (Wildman–Crippen MR) is 62.9 cm³/mol. The van der Waals surface area contributed by atoms with E-state index in [0.29, 0.717) is 19.4 Å². The number of H-pyrrole nitrogens is 1. The van der Waals surface area contributed by atoms with E-state index >= 15 is 0 Å². The van der Waals surface area contributed by atoms with E-state index in [4.69, 9.17) is 5.11 Å². The fourth-order valence-corrected chi connectivity index (χ4v) is 2.66. The average molecular weight is 249 g/mol. The Balaban J connectivity index is 1.62. The summed E-state index contributed by atoms with van der Waals surface area (Å²) >= 11 is 0. The molecule has 0 bridgehead atoms. The maximum Gasteiger partial charge on any atom is 0.318 e. The van der Waals surface area contributed by atoms with E-state index in [-0.39, 0.29) is 24.0 Å². The molecule has 1 atom stereocenters. The van der Waals surface area contributed by atoms with Crippen LogP contribution in [0.5, 0.6) is 0 Å². The zero-order chi connectivity index (χ0) is 12.7. The molecule has 1 aliphatic carbocycles. The lowest BCUT2D eigenvalue weighted by Crippen LogP contribution is -2.48. The molecule has 3 rings (SSSR count). The maximum atomic E-state index is 11.8. The molecule has 1 aromatic rings. The number of hydrogen-bond donors (Lipinski definition) is 3. The molecule has 0 radical (unpaired) electrons. The van der Waals surface area contributed by atoms with E-state index in [1.54, 1.807) is 4.90 Å². The first kappa shape index (κ1) is 11.1. The number of nitrogens with zero attached hydrogens (tertiary/aromatic N) is 1. The van der Waals surface area contributed by atoms with Gasteiger partial charge in [-0.1, -0.05) is 0 Å². The molecule has 3 N–H and O–H groups in total. The van der Waals surface area contributed by atoms with Gasteiger partial charge in [0.2, 0.25) is 0 Å². The fraction of sp³-hybridized carbons (Fsp3) is 0.500. The number of aliphatic carboxylic acids is 1. The molecule has 96 valence electrons. The molecule has 2 fully saturated rings. The minimum Gasteiger partial charge on any atom is -0.481 e. The number of carbonyl (C=O) groups is 2. The van der Waals surface area contributed by atoms with Gasteiger partial charge in [0.25, 0.3) is 0 Å². The van der Waals surface area contributed by atoms with E-state index in [1.165, 1.54) is 0 Å². The predicted octanol–water partition coefficient (Wildman–Crippen LogP) is 0.944. The van der Waals surface area contributed by atoms with Gasteiger partial charge in [0.15, 0.2) is 0 Å². The van der Waals surface area contributed by atoms with Gasteiger partial charge in [-0.2, -0.15) is 0 Å². The molecule has 1 aromatic heterocycles. The van der Waals surface area contributed by atoms with E-state index in [9.17, 15) is 9.59 Å². The first-order valence-electron chi connectivity index (χ1n) is 6.08. The normalized spacial score (nSPS) is 31.0. The third-order valence-corrected chi connectivity index (χ3v) is 3.87. The van der Waals surface area contributed by atoms with Crippen molar-refractivity contribution in [3.8, 4) is 0 Å². The van der Waals surface area contributed by atoms with Gasteiger partial charge >= 0.3 is 12.0 Å². The van der Waals surface area contributed by atoms with Crippen molar-refractivity contribution in [1.82, 2.24) is 15.2 Å². The molecule has 1 unspecified atom stereocenters. The van der Waals surface area contributed by atoms with Gasteiger partial charge in [0.1, 0.15) is 0 Å². The van der Waals surface area contributed by atoms with E-state index in [0.717, 1.165) is 5.56 Å². The highest BCUT2D eigenvalue weighted by molar-refractivity contribution is 5.78. The first-order chi connectivity index (χ1) is 8.65. The van der Waals surface area contributed by atoms with Gasteiger partial charge in [0.05, 0.1) is 12.0 Å². The van der Waals surface area contributed by atoms with Crippen LogP contribution in [0.25, 0.3) is 0 Å². The Morgan fingerprint density at radius 2 is 2.22 bits per heavy atom. The van der Waals surface area contributed by atoms with Crippen LogP contribution >= 0.6 is 0 Å². The Labute approximate surface area is 104 Å². The van der Waals surface area contributed by atoms with Crippen molar-refractivity contribution in [3.63, 3.8) is 0 Å². The standard InChI is InChI=1S/C12H15N3O3/c16-11(17)8-3-9(4-8)15-6-10(14-12(15)18)7-1-2-13-5-7/h1-2,5,8-10,13H,3-4,6H2,(H,14,18)(H,16,17). The quantitative estimate of drug-likeness (QED) is 0.745. The number of rotatable bonds is 3. The van der Waals surface area contributed by atoms with Crippen molar-refractivity contribution in [3.05, 3.63) is 24.0 Å². The minimum atomic E-state index is -0.756. The van der Waals surface area contributed by atoms with E-state index in [1.807, 2.05) is 18.5 Å². The number of aromatic amines is 1. The highest BCUT2D eigenvalue weighted by Gasteiger charge is 2.43. The second-order valence-electron chi connectivity index (χ2n) is 4.96. The topological polar surface area (TPSA) is 85.4 Å². The number of carboxylic acids is 1. The summed E-state index contributed by atoms with van der Waals surface area (Å²) in [7, 11) is 0. The number of hydrogen-bond acceptors (Lipinski definition) is 2. The lowest BCUT2D eigenvalue weighted by Gasteiger charge is -2.38. The van der Waals surface area contributed by atoms with Crippen LogP contribution in [0.2, 0.25) is 0 Å². The molecule has 1 saturated heterocycles. The highest BCUT2D eigenvalue weighted by atomic mass is 16.4. The van der Waals surface area contributed by atoms with Gasteiger partial charge < -0.3 is 20.3 Å². The van der Waals surface area contributed by atoms with Crippen molar-refractivity contribution in [1.29, 1.82) is 0 Å². The van der Waals surface area contributed by atoms with Crippen LogP contribution in [-0.2, 0) is 4.79 Å². The SMILES string of the molecule is O=C(O)C1CC(N2CC(c3cc[nH]c3)NC2=O)C1. The van der Waals surface area contributed by atoms with Crippen LogP contribution in [0.15, 0.2) is 18.5 Å². The molecule has 0 aromatic carbocycles. The Hall–Kier alpha value is -1.98. The summed E-state index contributed by atoms with van der Waals surface area (Å²) in [6.07, 6.45) is 4.84. The molecular weight excluding hydrogens is 234 g/mol. The molecule has 0 spiro atoms. The lowest BCUT2D eigenvalue weighted by atomic mass is 9.79. The number of urea groups is 1. The van der Waals surface area contributed by atoms with Crippen LogP contribution in [0.3, 0.4) is 0 Å². The Morgan fingerprint density at radius 3 is 2.83 bits per heavy atom. The number of carboxylic acid groups (broad SMARTS) is 1. The van der Waals surface area contributed by atoms with E-state index in [2.05, 4.69) is 10.3 Å². The van der Waals surface area contributed by atoms with Gasteiger partial charge in [-0.25, -0.2) is 4.79 Å². The highest BCUT2D eigenvalue weighted by Crippen LogP contribution is 2.35. The molecule has 6 nitrogen and oxygen atoms in total. The van der Waals surface area contributed by atoms with Crippen LogP contribution in [-0.4, -0.2) is 39.6 Å². The molecule has 1 saturated carbocycles. The second-order valence-corrected chi connectivity index (χ2v) is 4.96. The summed E-state index contributed by atoms with van der Waals surface area (Å²) in [4.78, 5) is 27.3. The minimum absolute atomic E-state index is 0.00706. The van der Waals surface area contributed by atoms with Crippen molar-refractivity contribution < 1.29 is 14.7 Å². The summed E-state index contributed by atoms with van der Waals surface area (Å²) in [5.41, 5.74) is 1.06. The molecule has 6 heteroatoms. The van der Waals surface area contributed by atoms with Crippen molar-refractivity contribution >= 4 is 12.0 Å². The molecule has 1 aliphatic heterocycles. The average Bonchev–Trinajstić information content (AvgIpc) is 2.85. The van der Waals surface area contributed by atoms with Gasteiger partial charge in [-0.05, 0) is 24.5 Å². The van der Waals surface area contributed by atoms with Gasteiger partial charge in [-0.3, -0.25) is 4.79 Å². The zero-order valence-electron chi connectivity index (χ0n) is 9.80. The smallest absolute Gasteiger partial charge is 0.318 e. The molecule has 2 amide bonds. The van der Waals surface area contributed by atoms with Crippen molar-refractivity contribution in [2.24, 2.45) is 5.92 Å². The summed E-state index contributed by atoms with van der Waals surface area (Å²) in [6, 6.07) is 1.94. The van der Waals surface area contributed by atoms with Gasteiger partial charge in [-0.15, -0.1) is 0 Å². The fourth-order valence-electron chi connectivity index (χ4n) is 2.66. The summed E-state index contributed by atoms with van der Waals surface area (Å²) in [5, 5.41) is 11.8. The third-order valence-electron chi connectivity index (χ3n) is 3.87. The number of nitrogens with one attached hydrogen (secondary N) is 2. The Bertz CT molecular complexity index is 465. The van der Waals surface area contributed by atoms with Crippen LogP contribution < -0.4 is 5.32 Å². The largest absolute Gasteiger partial charge is 0.481 e. The van der Waals surface area contributed by atoms with Gasteiger partial charge in [0, 0.05) is 25.0 Å². The monoisotopic (exact) mass is 249 g/mol. The molecule has 2 heterocycles. The van der Waals surface area contributed by atoms with Crippen molar-refractivity contribution in [2.45, 2.75) is 24.9 Å². The number of amides is 2. The van der Waals surface area contributed by atoms with Crippen LogP contribution in [0.1, 0.15) is 24.4 Å². The van der Waals surface area contributed by atoms with Crippen LogP contribution in [0.4, 0.5) is 4.79 Å². The Kier molecular flexibility index (Phi) is 2.50. The number of aromatic nitrogens is 1. The molecular formula is C12H15N3O3.